The lowest BCUT2D eigenvalue weighted by Gasteiger charge is -2.22. The van der Waals surface area contributed by atoms with Gasteiger partial charge in [-0.3, -0.25) is 9.59 Å². The smallest absolute Gasteiger partial charge is 0.305 e. The molecule has 0 aliphatic rings. The fourth-order valence-electron chi connectivity index (χ4n) is 11.6. The Balaban J connectivity index is 3.40. The first-order chi connectivity index (χ1) is 39.5. The van der Waals surface area contributed by atoms with Crippen molar-refractivity contribution in [3.05, 3.63) is 24.3 Å². The number of esters is 1. The molecule has 0 bridgehead atoms. The number of ether oxygens (including phenoxy) is 1. The Hall–Kier alpha value is -1.66. The van der Waals surface area contributed by atoms with Crippen molar-refractivity contribution in [2.45, 2.75) is 424 Å². The SMILES string of the molecule is CCCCCCCCC/C=C\CCCCCCCC(=O)OCCCCCCCCCCCCCC/C=C\CCCCCCCCCCC(=O)NC(CO)C(O)CCCCCCCCCCCCCCCCCCCCCCCCC. The molecule has 2 unspecified atom stereocenters. The molecule has 0 heterocycles. The van der Waals surface area contributed by atoms with Crippen molar-refractivity contribution in [2.24, 2.45) is 0 Å². The zero-order valence-corrected chi connectivity index (χ0v) is 54.3. The van der Waals surface area contributed by atoms with Crippen molar-refractivity contribution < 1.29 is 24.5 Å². The van der Waals surface area contributed by atoms with Crippen LogP contribution in [0.1, 0.15) is 412 Å². The van der Waals surface area contributed by atoms with E-state index in [2.05, 4.69) is 43.5 Å². The highest BCUT2D eigenvalue weighted by Crippen LogP contribution is 2.19. The molecule has 6 heteroatoms. The molecule has 0 saturated carbocycles. The molecule has 0 aliphatic heterocycles. The number of carbonyl (C=O) groups is 2. The minimum absolute atomic E-state index is 0.00619. The van der Waals surface area contributed by atoms with Gasteiger partial charge in [-0.2, -0.15) is 0 Å². The van der Waals surface area contributed by atoms with E-state index < -0.39 is 12.1 Å². The monoisotopic (exact) mass is 1130 g/mol. The lowest BCUT2D eigenvalue weighted by atomic mass is 10.0. The van der Waals surface area contributed by atoms with Crippen LogP contribution in [0.15, 0.2) is 24.3 Å². The third kappa shape index (κ3) is 65.5. The largest absolute Gasteiger partial charge is 0.466 e. The van der Waals surface area contributed by atoms with E-state index in [1.54, 1.807) is 0 Å². The second-order valence-corrected chi connectivity index (χ2v) is 25.3. The summed E-state index contributed by atoms with van der Waals surface area (Å²) in [6.07, 6.45) is 88.0. The van der Waals surface area contributed by atoms with E-state index in [1.807, 2.05) is 0 Å². The minimum atomic E-state index is -0.669. The van der Waals surface area contributed by atoms with Crippen LogP contribution in [-0.2, 0) is 14.3 Å². The Morgan fingerprint density at radius 1 is 0.338 bits per heavy atom. The number of unbranched alkanes of at least 4 members (excludes halogenated alkanes) is 54. The maximum Gasteiger partial charge on any atom is 0.305 e. The van der Waals surface area contributed by atoms with Crippen LogP contribution in [0.4, 0.5) is 0 Å². The van der Waals surface area contributed by atoms with Crippen LogP contribution in [0, 0.1) is 0 Å². The van der Waals surface area contributed by atoms with Crippen molar-refractivity contribution in [3.63, 3.8) is 0 Å². The summed E-state index contributed by atoms with van der Waals surface area (Å²) in [5.74, 6) is -0.0286. The molecule has 0 aliphatic carbocycles. The van der Waals surface area contributed by atoms with Gasteiger partial charge < -0.3 is 20.3 Å². The lowest BCUT2D eigenvalue weighted by molar-refractivity contribution is -0.143. The topological polar surface area (TPSA) is 95.9 Å². The summed E-state index contributed by atoms with van der Waals surface area (Å²) in [7, 11) is 0. The van der Waals surface area contributed by atoms with Crippen molar-refractivity contribution in [1.82, 2.24) is 5.32 Å². The number of aliphatic hydroxyl groups excluding tert-OH is 2. The first kappa shape index (κ1) is 78.3. The minimum Gasteiger partial charge on any atom is -0.466 e. The van der Waals surface area contributed by atoms with Gasteiger partial charge in [-0.1, -0.05) is 346 Å². The highest BCUT2D eigenvalue weighted by molar-refractivity contribution is 5.76. The van der Waals surface area contributed by atoms with Crippen LogP contribution in [-0.4, -0.2) is 47.4 Å². The molecule has 0 radical (unpaired) electrons. The summed E-state index contributed by atoms with van der Waals surface area (Å²) in [5.41, 5.74) is 0. The molecule has 0 saturated heterocycles. The van der Waals surface area contributed by atoms with E-state index >= 15 is 0 Å². The highest BCUT2D eigenvalue weighted by atomic mass is 16.5. The number of nitrogens with one attached hydrogen (secondary N) is 1. The number of carbonyl (C=O) groups excluding carboxylic acids is 2. The van der Waals surface area contributed by atoms with E-state index in [1.165, 1.54) is 334 Å². The van der Waals surface area contributed by atoms with Crippen LogP contribution in [0.5, 0.6) is 0 Å². The predicted molar refractivity (Wildman–Crippen MR) is 352 cm³/mol. The first-order valence-electron chi connectivity index (χ1n) is 36.6. The first-order valence-corrected chi connectivity index (χ1v) is 36.6. The average Bonchev–Trinajstić information content (AvgIpc) is 3.46. The average molecular weight is 1130 g/mol. The molecule has 0 fully saturated rings. The predicted octanol–water partition coefficient (Wildman–Crippen LogP) is 23.7. The Bertz CT molecular complexity index is 1250. The quantitative estimate of drug-likeness (QED) is 0.0320. The zero-order chi connectivity index (χ0) is 57.8. The van der Waals surface area contributed by atoms with Gasteiger partial charge in [-0.05, 0) is 77.0 Å². The van der Waals surface area contributed by atoms with E-state index in [-0.39, 0.29) is 18.5 Å². The van der Waals surface area contributed by atoms with Gasteiger partial charge in [0.05, 0.1) is 25.4 Å². The molecule has 2 atom stereocenters. The number of allylic oxidation sites excluding steroid dienone is 4. The van der Waals surface area contributed by atoms with Crippen LogP contribution in [0.25, 0.3) is 0 Å². The lowest BCUT2D eigenvalue weighted by Crippen LogP contribution is -2.45. The fourth-order valence-corrected chi connectivity index (χ4v) is 11.6. The molecule has 474 valence electrons. The number of rotatable bonds is 69. The summed E-state index contributed by atoms with van der Waals surface area (Å²) in [5, 5.41) is 23.4. The fraction of sp³-hybridized carbons (Fsp3) is 0.919. The van der Waals surface area contributed by atoms with Gasteiger partial charge in [-0.25, -0.2) is 0 Å². The summed E-state index contributed by atoms with van der Waals surface area (Å²) < 4.78 is 5.49. The molecular weight excluding hydrogens is 983 g/mol. The Labute approximate surface area is 501 Å². The summed E-state index contributed by atoms with van der Waals surface area (Å²) in [6, 6.07) is -0.546. The molecule has 0 aromatic heterocycles. The number of hydrogen-bond donors (Lipinski definition) is 3. The van der Waals surface area contributed by atoms with Crippen molar-refractivity contribution in [2.75, 3.05) is 13.2 Å². The molecule has 80 heavy (non-hydrogen) atoms. The molecular formula is C74H143NO5. The summed E-state index contributed by atoms with van der Waals surface area (Å²) in [6.45, 7) is 4.99. The van der Waals surface area contributed by atoms with Crippen LogP contribution in [0.3, 0.4) is 0 Å². The summed E-state index contributed by atoms with van der Waals surface area (Å²) >= 11 is 0. The van der Waals surface area contributed by atoms with E-state index in [0.717, 1.165) is 44.9 Å². The van der Waals surface area contributed by atoms with Crippen molar-refractivity contribution in [1.29, 1.82) is 0 Å². The van der Waals surface area contributed by atoms with E-state index in [4.69, 9.17) is 4.74 Å². The molecule has 0 rings (SSSR count). The standard InChI is InChI=1S/C74H143NO5/c1-3-5-7-9-11-13-15-17-19-21-22-23-26-29-32-35-38-42-46-50-54-58-62-66-72(77)71(70-76)75-73(78)67-63-59-55-51-47-43-39-36-33-30-27-24-25-28-31-34-37-41-45-49-53-57-61-65-69-80-74(79)68-64-60-56-52-48-44-40-20-18-16-14-12-10-8-6-4-2/h20,27,30,40,71-72,76-77H,3-19,21-26,28-29,31-39,41-70H2,1-2H3,(H,75,78)/b30-27-,40-20-. The molecule has 3 N–H and O–H groups in total. The van der Waals surface area contributed by atoms with Crippen LogP contribution in [0.2, 0.25) is 0 Å². The normalized spacial score (nSPS) is 12.6. The highest BCUT2D eigenvalue weighted by Gasteiger charge is 2.20. The molecule has 0 aromatic carbocycles. The maximum atomic E-state index is 12.6. The maximum absolute atomic E-state index is 12.6. The van der Waals surface area contributed by atoms with Crippen molar-refractivity contribution >= 4 is 11.9 Å². The van der Waals surface area contributed by atoms with E-state index in [9.17, 15) is 19.8 Å². The Kier molecular flexibility index (Phi) is 68.4. The molecule has 1 amide bonds. The summed E-state index contributed by atoms with van der Waals surface area (Å²) in [4.78, 5) is 24.6. The van der Waals surface area contributed by atoms with Gasteiger partial charge in [0.25, 0.3) is 0 Å². The second kappa shape index (κ2) is 69.8. The van der Waals surface area contributed by atoms with Gasteiger partial charge in [-0.15, -0.1) is 0 Å². The Morgan fingerprint density at radius 2 is 0.588 bits per heavy atom. The van der Waals surface area contributed by atoms with Gasteiger partial charge in [0.15, 0.2) is 0 Å². The third-order valence-corrected chi connectivity index (χ3v) is 17.2. The van der Waals surface area contributed by atoms with Gasteiger partial charge >= 0.3 is 5.97 Å². The van der Waals surface area contributed by atoms with Crippen LogP contribution >= 0.6 is 0 Å². The number of hydrogen-bond acceptors (Lipinski definition) is 5. The van der Waals surface area contributed by atoms with Crippen LogP contribution < -0.4 is 5.32 Å². The Morgan fingerprint density at radius 3 is 0.887 bits per heavy atom. The number of amides is 1. The molecule has 6 nitrogen and oxygen atoms in total. The molecule has 0 aromatic rings. The zero-order valence-electron chi connectivity index (χ0n) is 54.3. The van der Waals surface area contributed by atoms with E-state index in [0.29, 0.717) is 25.9 Å². The third-order valence-electron chi connectivity index (χ3n) is 17.2. The van der Waals surface area contributed by atoms with Gasteiger partial charge in [0.2, 0.25) is 5.91 Å². The van der Waals surface area contributed by atoms with Crippen molar-refractivity contribution in [3.8, 4) is 0 Å². The van der Waals surface area contributed by atoms with Gasteiger partial charge in [0, 0.05) is 12.8 Å². The second-order valence-electron chi connectivity index (χ2n) is 25.3. The molecule has 0 spiro atoms. The van der Waals surface area contributed by atoms with Gasteiger partial charge in [0.1, 0.15) is 0 Å². The number of aliphatic hydroxyl groups is 2.